The second-order valence-electron chi connectivity index (χ2n) is 7.93. The van der Waals surface area contributed by atoms with Gasteiger partial charge >= 0.3 is 15.6 Å². The van der Waals surface area contributed by atoms with Crippen molar-refractivity contribution in [2.45, 2.75) is 44.2 Å². The van der Waals surface area contributed by atoms with Crippen molar-refractivity contribution in [3.8, 4) is 5.75 Å². The monoisotopic (exact) mass is 484 g/mol. The van der Waals surface area contributed by atoms with E-state index in [0.717, 1.165) is 18.5 Å². The molecule has 1 aliphatic carbocycles. The topological polar surface area (TPSA) is 75.7 Å². The number of nitrogens with zero attached hydrogens (tertiary/aromatic N) is 1. The molecule has 0 aliphatic heterocycles. The van der Waals surface area contributed by atoms with Crippen LogP contribution in [0.3, 0.4) is 0 Å². The maximum atomic E-state index is 12.7. The molecule has 1 atom stereocenters. The standard InChI is InChI=1S/C23H27F3N2O4S/c1-2-14-28(15-13-27-22(29)17-7-4-3-5-8-17)19-11-12-20-18(16-19)9-6-10-21(20)32-33(30,31)23(24,25)26/h3-10,19H,2,11-16H2,1H3,(H,27,29). The molecule has 10 heteroatoms. The molecule has 1 aliphatic rings. The molecule has 3 rings (SSSR count). The van der Waals surface area contributed by atoms with E-state index >= 15 is 0 Å². The SMILES string of the molecule is CCCN(CCNC(=O)c1ccccc1)C1CCc2c(cccc2OS(=O)(=O)C(F)(F)F)C1. The van der Waals surface area contributed by atoms with E-state index in [4.69, 9.17) is 0 Å². The summed E-state index contributed by atoms with van der Waals surface area (Å²) in [7, 11) is -5.72. The van der Waals surface area contributed by atoms with Crippen molar-refractivity contribution in [1.82, 2.24) is 10.2 Å². The molecule has 0 heterocycles. The second-order valence-corrected chi connectivity index (χ2v) is 9.47. The summed E-state index contributed by atoms with van der Waals surface area (Å²) in [6.07, 6.45) is 2.51. The lowest BCUT2D eigenvalue weighted by Gasteiger charge is -2.35. The zero-order chi connectivity index (χ0) is 24.1. The van der Waals surface area contributed by atoms with Gasteiger partial charge in [-0.15, -0.1) is 0 Å². The van der Waals surface area contributed by atoms with Crippen molar-refractivity contribution < 1.29 is 30.6 Å². The summed E-state index contributed by atoms with van der Waals surface area (Å²) < 4.78 is 65.5. The second kappa shape index (κ2) is 10.6. The van der Waals surface area contributed by atoms with E-state index in [-0.39, 0.29) is 17.7 Å². The molecule has 0 saturated heterocycles. The lowest BCUT2D eigenvalue weighted by Crippen LogP contribution is -2.44. The van der Waals surface area contributed by atoms with E-state index in [1.54, 1.807) is 30.3 Å². The van der Waals surface area contributed by atoms with Crippen LogP contribution in [0, 0.1) is 0 Å². The summed E-state index contributed by atoms with van der Waals surface area (Å²) in [4.78, 5) is 14.5. The summed E-state index contributed by atoms with van der Waals surface area (Å²) in [5.41, 5.74) is -3.62. The van der Waals surface area contributed by atoms with Gasteiger partial charge in [-0.05, 0) is 61.6 Å². The highest BCUT2D eigenvalue weighted by Gasteiger charge is 2.49. The van der Waals surface area contributed by atoms with Crippen molar-refractivity contribution in [3.63, 3.8) is 0 Å². The molecule has 1 N–H and O–H groups in total. The number of carbonyl (C=O) groups excluding carboxylic acids is 1. The molecule has 0 aromatic heterocycles. The maximum absolute atomic E-state index is 12.7. The first-order valence-electron chi connectivity index (χ1n) is 10.8. The summed E-state index contributed by atoms with van der Waals surface area (Å²) in [6, 6.07) is 13.6. The molecule has 0 radical (unpaired) electrons. The molecule has 33 heavy (non-hydrogen) atoms. The predicted molar refractivity (Wildman–Crippen MR) is 118 cm³/mol. The number of hydrogen-bond donors (Lipinski definition) is 1. The third kappa shape index (κ3) is 6.26. The highest BCUT2D eigenvalue weighted by molar-refractivity contribution is 7.88. The minimum absolute atomic E-state index is 0.126. The highest BCUT2D eigenvalue weighted by atomic mass is 32.2. The molecule has 2 aromatic carbocycles. The van der Waals surface area contributed by atoms with Crippen molar-refractivity contribution in [3.05, 3.63) is 65.2 Å². The van der Waals surface area contributed by atoms with Gasteiger partial charge in [0.1, 0.15) is 5.75 Å². The number of benzene rings is 2. The van der Waals surface area contributed by atoms with Crippen molar-refractivity contribution in [2.75, 3.05) is 19.6 Å². The normalized spacial score (nSPS) is 16.3. The predicted octanol–water partition coefficient (Wildman–Crippen LogP) is 3.91. The average molecular weight is 485 g/mol. The van der Waals surface area contributed by atoms with Gasteiger partial charge in [-0.1, -0.05) is 37.3 Å². The van der Waals surface area contributed by atoms with Crippen LogP contribution in [0.15, 0.2) is 48.5 Å². The van der Waals surface area contributed by atoms with E-state index < -0.39 is 15.6 Å². The molecule has 1 amide bonds. The molecule has 0 fully saturated rings. The number of amides is 1. The smallest absolute Gasteiger partial charge is 0.376 e. The van der Waals surface area contributed by atoms with Crippen LogP contribution in [0.1, 0.15) is 41.3 Å². The van der Waals surface area contributed by atoms with Crippen LogP contribution in [-0.2, 0) is 23.0 Å². The lowest BCUT2D eigenvalue weighted by molar-refractivity contribution is -0.0500. The van der Waals surface area contributed by atoms with E-state index in [0.29, 0.717) is 43.5 Å². The first-order valence-corrected chi connectivity index (χ1v) is 12.2. The Hall–Kier alpha value is -2.59. The number of carbonyl (C=O) groups is 1. The van der Waals surface area contributed by atoms with Crippen LogP contribution >= 0.6 is 0 Å². The lowest BCUT2D eigenvalue weighted by atomic mass is 9.87. The third-order valence-corrected chi connectivity index (χ3v) is 6.61. The van der Waals surface area contributed by atoms with Crippen molar-refractivity contribution >= 4 is 16.0 Å². The van der Waals surface area contributed by atoms with Crippen LogP contribution in [0.4, 0.5) is 13.2 Å². The van der Waals surface area contributed by atoms with E-state index in [1.165, 1.54) is 12.1 Å². The van der Waals surface area contributed by atoms with Crippen molar-refractivity contribution in [1.29, 1.82) is 0 Å². The fourth-order valence-electron chi connectivity index (χ4n) is 4.08. The van der Waals surface area contributed by atoms with Crippen LogP contribution in [-0.4, -0.2) is 50.4 Å². The fraction of sp³-hybridized carbons (Fsp3) is 0.435. The fourth-order valence-corrected chi connectivity index (χ4v) is 4.56. The first-order chi connectivity index (χ1) is 15.6. The molecule has 0 spiro atoms. The number of nitrogens with one attached hydrogen (secondary N) is 1. The summed E-state index contributed by atoms with van der Waals surface area (Å²) in [5.74, 6) is -0.408. The van der Waals surface area contributed by atoms with E-state index in [2.05, 4.69) is 21.3 Å². The molecular weight excluding hydrogens is 457 g/mol. The summed E-state index contributed by atoms with van der Waals surface area (Å²) in [5, 5.41) is 2.92. The van der Waals surface area contributed by atoms with Crippen molar-refractivity contribution in [2.24, 2.45) is 0 Å². The van der Waals surface area contributed by atoms with Crippen LogP contribution in [0.25, 0.3) is 0 Å². The van der Waals surface area contributed by atoms with Gasteiger partial charge in [0.05, 0.1) is 0 Å². The van der Waals surface area contributed by atoms with E-state index in [1.807, 2.05) is 6.07 Å². The number of halogens is 3. The quantitative estimate of drug-likeness (QED) is 0.432. The number of alkyl halides is 3. The minimum atomic E-state index is -5.72. The van der Waals surface area contributed by atoms with Crippen LogP contribution in [0.5, 0.6) is 5.75 Å². The van der Waals surface area contributed by atoms with Gasteiger partial charge in [-0.3, -0.25) is 9.69 Å². The molecule has 0 bridgehead atoms. The zero-order valence-electron chi connectivity index (χ0n) is 18.3. The summed E-state index contributed by atoms with van der Waals surface area (Å²) >= 11 is 0. The zero-order valence-corrected chi connectivity index (χ0v) is 19.1. The van der Waals surface area contributed by atoms with Gasteiger partial charge < -0.3 is 9.50 Å². The Morgan fingerprint density at radius 2 is 1.85 bits per heavy atom. The Balaban J connectivity index is 1.65. The van der Waals surface area contributed by atoms with E-state index in [9.17, 15) is 26.4 Å². The van der Waals surface area contributed by atoms with Gasteiger partial charge in [-0.2, -0.15) is 21.6 Å². The number of rotatable bonds is 9. The van der Waals surface area contributed by atoms with Gasteiger partial charge in [-0.25, -0.2) is 0 Å². The minimum Gasteiger partial charge on any atom is -0.376 e. The Morgan fingerprint density at radius 3 is 2.52 bits per heavy atom. The van der Waals surface area contributed by atoms with Gasteiger partial charge in [0.2, 0.25) is 0 Å². The maximum Gasteiger partial charge on any atom is 0.534 e. The summed E-state index contributed by atoms with van der Waals surface area (Å²) in [6.45, 7) is 3.95. The first kappa shape index (κ1) is 25.0. The Morgan fingerprint density at radius 1 is 1.12 bits per heavy atom. The Labute approximate surface area is 191 Å². The number of hydrogen-bond acceptors (Lipinski definition) is 5. The van der Waals surface area contributed by atoms with Crippen LogP contribution in [0.2, 0.25) is 0 Å². The Kier molecular flexibility index (Phi) is 8.01. The average Bonchev–Trinajstić information content (AvgIpc) is 2.78. The molecule has 2 aromatic rings. The molecule has 180 valence electrons. The van der Waals surface area contributed by atoms with Gasteiger partial charge in [0.25, 0.3) is 5.91 Å². The van der Waals surface area contributed by atoms with Gasteiger partial charge in [0, 0.05) is 24.7 Å². The Bertz CT molecular complexity index is 1060. The highest BCUT2D eigenvalue weighted by Crippen LogP contribution is 2.34. The van der Waals surface area contributed by atoms with Crippen LogP contribution < -0.4 is 9.50 Å². The molecule has 6 nitrogen and oxygen atoms in total. The third-order valence-electron chi connectivity index (χ3n) is 5.64. The molecular formula is C23H27F3N2O4S. The molecule has 1 unspecified atom stereocenters. The molecule has 0 saturated carbocycles. The largest absolute Gasteiger partial charge is 0.534 e. The number of fused-ring (bicyclic) bond motifs is 1. The van der Waals surface area contributed by atoms with Gasteiger partial charge in [0.15, 0.2) is 0 Å².